The fourth-order valence-electron chi connectivity index (χ4n) is 17.5. The van der Waals surface area contributed by atoms with Crippen LogP contribution in [0.3, 0.4) is 0 Å². The van der Waals surface area contributed by atoms with Crippen molar-refractivity contribution in [3.05, 3.63) is 144 Å². The van der Waals surface area contributed by atoms with Crippen LogP contribution in [0.25, 0.3) is 21.8 Å². The first-order valence-electron chi connectivity index (χ1n) is 45.3. The zero-order chi connectivity index (χ0) is 92.3. The van der Waals surface area contributed by atoms with Gasteiger partial charge in [-0.25, -0.2) is 0 Å². The summed E-state index contributed by atoms with van der Waals surface area (Å²) < 4.78 is 0. The van der Waals surface area contributed by atoms with Crippen LogP contribution in [-0.4, -0.2) is 233 Å². The topological polar surface area (TPSA) is 576 Å². The van der Waals surface area contributed by atoms with E-state index in [0.29, 0.717) is 77.3 Å². The lowest BCUT2D eigenvalue weighted by atomic mass is 9.84. The molecule has 0 radical (unpaired) electrons. The number of guanidine groups is 2. The molecule has 2 aromatic heterocycles. The number of H-pyrrole nitrogens is 2. The van der Waals surface area contributed by atoms with E-state index in [1.807, 2.05) is 109 Å². The smallest absolute Gasteiger partial charge is 0.245 e. The Hall–Kier alpha value is -13.0. The zero-order valence-corrected chi connectivity index (χ0v) is 73.8. The van der Waals surface area contributed by atoms with Crippen LogP contribution in [0.5, 0.6) is 0 Å². The van der Waals surface area contributed by atoms with E-state index < -0.39 is 155 Å². The minimum absolute atomic E-state index is 0.0545. The first-order valence-corrected chi connectivity index (χ1v) is 45.3. The average molecular weight is 1780 g/mol. The summed E-state index contributed by atoms with van der Waals surface area (Å²) in [7, 11) is 0. The lowest BCUT2D eigenvalue weighted by Crippen LogP contribution is -2.60. The molecule has 14 amide bonds. The van der Waals surface area contributed by atoms with Crippen LogP contribution >= 0.6 is 0 Å². The van der Waals surface area contributed by atoms with Crippen LogP contribution in [0, 0.1) is 5.92 Å². The number of aromatic nitrogens is 2. The van der Waals surface area contributed by atoms with Crippen LogP contribution in [0.15, 0.2) is 132 Å². The number of aromatic amines is 2. The quantitative estimate of drug-likeness (QED) is 0.0178. The molecule has 0 spiro atoms. The van der Waals surface area contributed by atoms with Crippen molar-refractivity contribution in [3.63, 3.8) is 0 Å². The van der Waals surface area contributed by atoms with Crippen molar-refractivity contribution in [1.29, 1.82) is 0 Å². The van der Waals surface area contributed by atoms with Gasteiger partial charge in [0.1, 0.15) is 72.5 Å². The third-order valence-corrected chi connectivity index (χ3v) is 24.2. The highest BCUT2D eigenvalue weighted by molar-refractivity contribution is 6.01. The first-order chi connectivity index (χ1) is 62.2. The normalized spacial score (nSPS) is 22.7. The number of aliphatic imine (C=N–C) groups is 2. The van der Waals surface area contributed by atoms with Gasteiger partial charge in [0.25, 0.3) is 0 Å². The van der Waals surface area contributed by atoms with Crippen molar-refractivity contribution in [2.45, 2.75) is 253 Å². The first kappa shape index (κ1) is 98.2. The Morgan fingerprint density at radius 3 is 1.26 bits per heavy atom. The maximum atomic E-state index is 14.6. The second-order valence-electron chi connectivity index (χ2n) is 34.0. The second kappa shape index (κ2) is 50.0. The molecule has 1 aliphatic carbocycles. The Bertz CT molecular complexity index is 4870. The second-order valence-corrected chi connectivity index (χ2v) is 34.0. The Morgan fingerprint density at radius 1 is 0.419 bits per heavy atom. The third kappa shape index (κ3) is 30.1. The third-order valence-electron chi connectivity index (χ3n) is 24.2. The van der Waals surface area contributed by atoms with E-state index >= 15 is 0 Å². The van der Waals surface area contributed by atoms with Crippen molar-refractivity contribution < 1.29 is 67.1 Å². The number of hydrogen-bond acceptors (Lipinski definition) is 17. The summed E-state index contributed by atoms with van der Waals surface area (Å²) in [5, 5.41) is 36.1. The fourth-order valence-corrected chi connectivity index (χ4v) is 17.5. The Labute approximate surface area is 751 Å². The van der Waals surface area contributed by atoms with Gasteiger partial charge < -0.3 is 112 Å². The molecule has 4 aromatic carbocycles. The molecule has 6 aromatic rings. The number of hydrogen-bond donors (Lipinski definition) is 19. The summed E-state index contributed by atoms with van der Waals surface area (Å²) in [5.41, 5.74) is 32.7. The molecule has 37 nitrogen and oxygen atoms in total. The van der Waals surface area contributed by atoms with Crippen molar-refractivity contribution in [2.75, 3.05) is 45.8 Å². The lowest BCUT2D eigenvalue weighted by molar-refractivity contribution is -0.143. The number of nitrogens with one attached hydrogen (secondary N) is 14. The van der Waals surface area contributed by atoms with Crippen molar-refractivity contribution >= 4 is 116 Å². The van der Waals surface area contributed by atoms with E-state index in [-0.39, 0.29) is 121 Å². The molecule has 6 heterocycles. The van der Waals surface area contributed by atoms with Gasteiger partial charge in [0, 0.05) is 113 Å². The molecule has 1 saturated carbocycles. The largest absolute Gasteiger partial charge is 0.370 e. The van der Waals surface area contributed by atoms with Crippen LogP contribution in [0.1, 0.15) is 177 Å². The Morgan fingerprint density at radius 2 is 0.806 bits per heavy atom. The molecule has 37 heteroatoms. The lowest BCUT2D eigenvalue weighted by Gasteiger charge is -2.32. The number of para-hydroxylation sites is 2. The number of benzene rings is 4. The Balaban J connectivity index is 0.000000269. The highest BCUT2D eigenvalue weighted by atomic mass is 16.2. The molecule has 696 valence electrons. The van der Waals surface area contributed by atoms with Gasteiger partial charge in [-0.1, -0.05) is 129 Å². The SMILES string of the molecule is CC(=O)N[C@@H](Cc1ccccc1)C(=O)N[C@H]1CCCNC(=O)[C@H](CCCCN=C(N)N)NC(=O)[C@H](Cc2c[nH]c3ccccc23)NC(=O)[C@@H](CC2CCCCC2)NC(=O)[C@@H]2CCCN2C1=O.CC(=O)N[C@@H](Cc1ccccc1)C(=O)N[C@H]1CCCNC(=O)[C@H](CCCN=C(N)N)NC(=O)[C@H](Cc2c[nH]c3ccccc23)NC(=O)[C@@H](CCCCN)NC(=O)[C@@H]2CCCN2C1=O. The predicted molar refractivity (Wildman–Crippen MR) is 487 cm³/mol. The molecular formula is C92H129N23O14. The number of carbonyl (C=O) groups is 14. The molecule has 4 aliphatic heterocycles. The minimum Gasteiger partial charge on any atom is -0.370 e. The van der Waals surface area contributed by atoms with Crippen LogP contribution < -0.4 is 92.5 Å². The zero-order valence-electron chi connectivity index (χ0n) is 73.8. The molecule has 129 heavy (non-hydrogen) atoms. The maximum Gasteiger partial charge on any atom is 0.245 e. The number of nitrogens with zero attached hydrogens (tertiary/aromatic N) is 4. The number of unbranched alkanes of at least 4 members (excludes halogenated alkanes) is 2. The van der Waals surface area contributed by atoms with Crippen molar-refractivity contribution in [1.82, 2.24) is 83.6 Å². The van der Waals surface area contributed by atoms with Crippen LogP contribution in [-0.2, 0) is 92.8 Å². The number of nitrogens with two attached hydrogens (primary N) is 5. The highest BCUT2D eigenvalue weighted by Gasteiger charge is 2.44. The highest BCUT2D eigenvalue weighted by Crippen LogP contribution is 2.30. The Kier molecular flexibility index (Phi) is 38.0. The summed E-state index contributed by atoms with van der Waals surface area (Å²) in [6.45, 7) is 4.09. The van der Waals surface area contributed by atoms with Gasteiger partial charge in [0.05, 0.1) is 0 Å². The van der Waals surface area contributed by atoms with Gasteiger partial charge in [0.15, 0.2) is 11.9 Å². The van der Waals surface area contributed by atoms with E-state index in [4.69, 9.17) is 28.7 Å². The van der Waals surface area contributed by atoms with Gasteiger partial charge in [0.2, 0.25) is 82.7 Å². The molecule has 0 bridgehead atoms. The fraction of sp³-hybridized carbons (Fsp3) is 0.522. The predicted octanol–water partition coefficient (Wildman–Crippen LogP) is 1.19. The molecule has 0 unspecified atom stereocenters. The summed E-state index contributed by atoms with van der Waals surface area (Å²) in [6, 6.07) is 20.8. The average Bonchev–Trinajstić information content (AvgIpc) is 1.76. The molecule has 12 atom stereocenters. The summed E-state index contributed by atoms with van der Waals surface area (Å²) in [5.74, 6) is -7.43. The van der Waals surface area contributed by atoms with E-state index in [1.54, 1.807) is 12.4 Å². The van der Waals surface area contributed by atoms with Crippen LogP contribution in [0.2, 0.25) is 0 Å². The number of carbonyl (C=O) groups excluding carboxylic acids is 14. The molecule has 4 saturated heterocycles. The molecule has 24 N–H and O–H groups in total. The van der Waals surface area contributed by atoms with Gasteiger partial charge in [-0.05, 0) is 156 Å². The molecule has 5 fully saturated rings. The van der Waals surface area contributed by atoms with Gasteiger partial charge in [-0.15, -0.1) is 0 Å². The monoisotopic (exact) mass is 1780 g/mol. The number of fused-ring (bicyclic) bond motifs is 4. The molecule has 5 aliphatic rings. The van der Waals surface area contributed by atoms with Crippen LogP contribution in [0.4, 0.5) is 0 Å². The maximum absolute atomic E-state index is 14.6. The minimum atomic E-state index is -1.17. The van der Waals surface area contributed by atoms with Crippen molar-refractivity contribution in [2.24, 2.45) is 44.6 Å². The number of rotatable bonds is 29. The number of amides is 14. The molecule has 11 rings (SSSR count). The van der Waals surface area contributed by atoms with E-state index in [0.717, 1.165) is 76.2 Å². The van der Waals surface area contributed by atoms with E-state index in [2.05, 4.69) is 83.8 Å². The van der Waals surface area contributed by atoms with Gasteiger partial charge in [-0.2, -0.15) is 0 Å². The van der Waals surface area contributed by atoms with E-state index in [9.17, 15) is 67.1 Å². The summed E-state index contributed by atoms with van der Waals surface area (Å²) in [4.78, 5) is 213. The van der Waals surface area contributed by atoms with Gasteiger partial charge in [-0.3, -0.25) is 77.1 Å². The summed E-state index contributed by atoms with van der Waals surface area (Å²) in [6.07, 6.45) is 14.4. The van der Waals surface area contributed by atoms with Gasteiger partial charge >= 0.3 is 0 Å². The van der Waals surface area contributed by atoms with E-state index in [1.165, 1.54) is 23.6 Å². The standard InChI is InChI=1S/C48H67N11O7.C44H62N12O7/c1-30(60)54-38(26-31-14-4-2-5-15-31)43(62)56-37-21-12-24-51-42(61)36(20-10-11-23-52-48(49)50)55-45(64)40(28-33-29-53-35-19-9-8-18-34(33)35)57-44(63)39(27-32-16-6-3-7-17-32)58-46(65)41-22-13-25-59(41)47(37)66;1-27(57)51-35(24-28-12-3-2-4-13-28)40(60)54-34-18-10-21-48-38(58)32(17-9-22-49-44(46)47)52-41(61)36(25-29-26-50-31-15-6-5-14-30(29)31)55-39(59)33(16-7-8-20-45)53-42(62)37-19-11-23-56(37)43(34)63/h2,4-5,8-9,14-15,18-19,29,32,36-41,53H,3,6-7,10-13,16-17,20-28H2,1H3,(H,51,61)(H,54,60)(H,55,64)(H,56,62)(H,57,63)(H,58,65)(H4,49,50,52);2-6,12-15,26,32-37,50H,7-11,16-25,45H2,1H3,(H,48,58)(H,51,57)(H,52,61)(H,53,62)(H,54,60)(H,55,59)(H4,46,47,49)/t36-,37-,38-,39+,40-,41-;32-,33+,34-,35-,36-,37-/m00/s1. The molecular weight excluding hydrogens is 1650 g/mol. The van der Waals surface area contributed by atoms with Crippen molar-refractivity contribution in [3.8, 4) is 0 Å². The summed E-state index contributed by atoms with van der Waals surface area (Å²) >= 11 is 0.